The Balaban J connectivity index is 1.40. The van der Waals surface area contributed by atoms with E-state index in [2.05, 4.69) is 27.3 Å². The van der Waals surface area contributed by atoms with Gasteiger partial charge < -0.3 is 18.9 Å². The molecular weight excluding hydrogens is 444 g/mol. The minimum Gasteiger partial charge on any atom is -0.493 e. The SMILES string of the molecule is COc1cc2c(cc1OC)C(c1ccccc1)N(C(=O)CCc1nc(-c3ccncc3)no1)CC2. The number of aryl methyl sites for hydroxylation is 1. The zero-order chi connectivity index (χ0) is 24.2. The largest absolute Gasteiger partial charge is 0.493 e. The number of hydrogen-bond acceptors (Lipinski definition) is 7. The summed E-state index contributed by atoms with van der Waals surface area (Å²) in [5, 5.41) is 4.04. The molecule has 178 valence electrons. The van der Waals surface area contributed by atoms with Gasteiger partial charge in [-0.1, -0.05) is 35.5 Å². The molecule has 5 rings (SSSR count). The molecule has 0 N–H and O–H groups in total. The highest BCUT2D eigenvalue weighted by atomic mass is 16.5. The van der Waals surface area contributed by atoms with Crippen LogP contribution in [0.25, 0.3) is 11.4 Å². The quantitative estimate of drug-likeness (QED) is 0.399. The second kappa shape index (κ2) is 9.97. The van der Waals surface area contributed by atoms with Gasteiger partial charge in [-0.3, -0.25) is 9.78 Å². The van der Waals surface area contributed by atoms with E-state index >= 15 is 0 Å². The number of pyridine rings is 1. The topological polar surface area (TPSA) is 90.6 Å². The summed E-state index contributed by atoms with van der Waals surface area (Å²) >= 11 is 0. The van der Waals surface area contributed by atoms with E-state index in [9.17, 15) is 4.79 Å². The summed E-state index contributed by atoms with van der Waals surface area (Å²) in [6.07, 6.45) is 4.73. The van der Waals surface area contributed by atoms with Crippen LogP contribution in [0.3, 0.4) is 0 Å². The van der Waals surface area contributed by atoms with Crippen LogP contribution in [0.15, 0.2) is 71.5 Å². The van der Waals surface area contributed by atoms with E-state index in [0.717, 1.165) is 28.7 Å². The molecule has 0 saturated carbocycles. The predicted molar refractivity (Wildman–Crippen MR) is 129 cm³/mol. The normalized spacial score (nSPS) is 14.9. The Morgan fingerprint density at radius 3 is 2.54 bits per heavy atom. The molecule has 0 aliphatic carbocycles. The van der Waals surface area contributed by atoms with E-state index in [1.54, 1.807) is 26.6 Å². The van der Waals surface area contributed by atoms with Crippen molar-refractivity contribution in [1.29, 1.82) is 0 Å². The van der Waals surface area contributed by atoms with Crippen LogP contribution in [-0.2, 0) is 17.6 Å². The van der Waals surface area contributed by atoms with Crippen molar-refractivity contribution in [2.24, 2.45) is 0 Å². The first-order chi connectivity index (χ1) is 17.2. The molecule has 1 atom stereocenters. The number of amides is 1. The van der Waals surface area contributed by atoms with Gasteiger partial charge in [0.05, 0.1) is 20.3 Å². The highest BCUT2D eigenvalue weighted by Gasteiger charge is 2.33. The van der Waals surface area contributed by atoms with Gasteiger partial charge in [0.1, 0.15) is 0 Å². The molecule has 0 saturated heterocycles. The van der Waals surface area contributed by atoms with E-state index in [-0.39, 0.29) is 18.4 Å². The van der Waals surface area contributed by atoms with Crippen LogP contribution in [0.2, 0.25) is 0 Å². The van der Waals surface area contributed by atoms with Crippen molar-refractivity contribution in [3.05, 3.63) is 89.6 Å². The van der Waals surface area contributed by atoms with Crippen LogP contribution in [0.4, 0.5) is 0 Å². The molecule has 1 amide bonds. The second-order valence-electron chi connectivity index (χ2n) is 8.30. The molecule has 3 heterocycles. The van der Waals surface area contributed by atoms with Crippen LogP contribution in [-0.4, -0.2) is 46.7 Å². The molecule has 4 aromatic rings. The molecule has 8 nitrogen and oxygen atoms in total. The van der Waals surface area contributed by atoms with E-state index in [1.165, 1.54) is 0 Å². The maximum Gasteiger partial charge on any atom is 0.227 e. The van der Waals surface area contributed by atoms with Crippen molar-refractivity contribution >= 4 is 5.91 Å². The smallest absolute Gasteiger partial charge is 0.227 e. The van der Waals surface area contributed by atoms with Crippen LogP contribution in [0, 0.1) is 0 Å². The highest BCUT2D eigenvalue weighted by Crippen LogP contribution is 2.41. The number of hydrogen-bond donors (Lipinski definition) is 0. The molecule has 0 fully saturated rings. The lowest BCUT2D eigenvalue weighted by molar-refractivity contribution is -0.133. The molecule has 0 radical (unpaired) electrons. The second-order valence-corrected chi connectivity index (χ2v) is 8.30. The van der Waals surface area contributed by atoms with Crippen molar-refractivity contribution in [2.45, 2.75) is 25.3 Å². The lowest BCUT2D eigenvalue weighted by Crippen LogP contribution is -2.40. The van der Waals surface area contributed by atoms with E-state index < -0.39 is 0 Å². The molecule has 1 aliphatic rings. The first kappa shape index (κ1) is 22.6. The number of methoxy groups -OCH3 is 2. The van der Waals surface area contributed by atoms with Gasteiger partial charge in [0, 0.05) is 37.3 Å². The predicted octanol–water partition coefficient (Wildman–Crippen LogP) is 4.26. The Kier molecular flexibility index (Phi) is 6.43. The van der Waals surface area contributed by atoms with Gasteiger partial charge in [0.2, 0.25) is 17.6 Å². The van der Waals surface area contributed by atoms with Crippen molar-refractivity contribution in [3.8, 4) is 22.9 Å². The minimum absolute atomic E-state index is 0.0305. The minimum atomic E-state index is -0.220. The van der Waals surface area contributed by atoms with E-state index in [1.807, 2.05) is 47.4 Å². The number of nitrogens with zero attached hydrogens (tertiary/aromatic N) is 4. The Labute approximate surface area is 203 Å². The standard InChI is InChI=1S/C27H26N4O4/c1-33-22-16-20-12-15-31(26(18-6-4-3-5-7-18)21(20)17-23(22)34-2)25(32)9-8-24-29-27(30-35-24)19-10-13-28-14-11-19/h3-7,10-11,13-14,16-17,26H,8-9,12,15H2,1-2H3. The fourth-order valence-corrected chi connectivity index (χ4v) is 4.54. The van der Waals surface area contributed by atoms with Crippen LogP contribution in [0.5, 0.6) is 11.5 Å². The summed E-state index contributed by atoms with van der Waals surface area (Å²) in [5.74, 6) is 2.30. The number of carbonyl (C=O) groups excluding carboxylic acids is 1. The van der Waals surface area contributed by atoms with Gasteiger partial charge in [0.15, 0.2) is 11.5 Å². The van der Waals surface area contributed by atoms with Crippen molar-refractivity contribution in [1.82, 2.24) is 20.0 Å². The third kappa shape index (κ3) is 4.59. The fraction of sp³-hybridized carbons (Fsp3) is 0.259. The third-order valence-corrected chi connectivity index (χ3v) is 6.27. The third-order valence-electron chi connectivity index (χ3n) is 6.27. The average molecular weight is 471 g/mol. The van der Waals surface area contributed by atoms with Gasteiger partial charge in [-0.2, -0.15) is 4.98 Å². The molecule has 8 heteroatoms. The Morgan fingerprint density at radius 1 is 1.06 bits per heavy atom. The van der Waals surface area contributed by atoms with Crippen LogP contribution >= 0.6 is 0 Å². The molecule has 1 aliphatic heterocycles. The van der Waals surface area contributed by atoms with Crippen molar-refractivity contribution in [2.75, 3.05) is 20.8 Å². The summed E-state index contributed by atoms with van der Waals surface area (Å²) in [7, 11) is 3.26. The number of fused-ring (bicyclic) bond motifs is 1. The lowest BCUT2D eigenvalue weighted by atomic mass is 9.87. The average Bonchev–Trinajstić information content (AvgIpc) is 3.40. The number of rotatable bonds is 7. The summed E-state index contributed by atoms with van der Waals surface area (Å²) in [6.45, 7) is 0.604. The first-order valence-corrected chi connectivity index (χ1v) is 11.5. The summed E-state index contributed by atoms with van der Waals surface area (Å²) < 4.78 is 16.5. The molecule has 0 spiro atoms. The Hall–Kier alpha value is -4.20. The number of carbonyl (C=O) groups is 1. The van der Waals surface area contributed by atoms with Gasteiger partial charge in [-0.05, 0) is 47.4 Å². The lowest BCUT2D eigenvalue weighted by Gasteiger charge is -2.38. The maximum atomic E-state index is 13.5. The first-order valence-electron chi connectivity index (χ1n) is 11.5. The number of ether oxygens (including phenoxy) is 2. The molecule has 2 aromatic carbocycles. The Morgan fingerprint density at radius 2 is 1.80 bits per heavy atom. The van der Waals surface area contributed by atoms with Gasteiger partial charge in [-0.25, -0.2) is 0 Å². The molecule has 0 bridgehead atoms. The summed E-state index contributed by atoms with van der Waals surface area (Å²) in [6, 6.07) is 17.5. The number of aromatic nitrogens is 3. The highest BCUT2D eigenvalue weighted by molar-refractivity contribution is 5.78. The molecule has 1 unspecified atom stereocenters. The molecule has 35 heavy (non-hydrogen) atoms. The zero-order valence-electron chi connectivity index (χ0n) is 19.7. The molecular formula is C27H26N4O4. The zero-order valence-corrected chi connectivity index (χ0v) is 19.7. The monoisotopic (exact) mass is 470 g/mol. The van der Waals surface area contributed by atoms with Crippen molar-refractivity contribution in [3.63, 3.8) is 0 Å². The number of benzene rings is 2. The van der Waals surface area contributed by atoms with Gasteiger partial charge >= 0.3 is 0 Å². The summed E-state index contributed by atoms with van der Waals surface area (Å²) in [5.41, 5.74) is 4.07. The van der Waals surface area contributed by atoms with Gasteiger partial charge in [0.25, 0.3) is 0 Å². The summed E-state index contributed by atoms with van der Waals surface area (Å²) in [4.78, 5) is 23.9. The van der Waals surface area contributed by atoms with E-state index in [0.29, 0.717) is 36.2 Å². The van der Waals surface area contributed by atoms with E-state index in [4.69, 9.17) is 14.0 Å². The fourth-order valence-electron chi connectivity index (χ4n) is 4.54. The van der Waals surface area contributed by atoms with Crippen LogP contribution < -0.4 is 9.47 Å². The van der Waals surface area contributed by atoms with Gasteiger partial charge in [-0.15, -0.1) is 0 Å². The maximum absolute atomic E-state index is 13.5. The van der Waals surface area contributed by atoms with Crippen molar-refractivity contribution < 1.29 is 18.8 Å². The Bertz CT molecular complexity index is 1310. The van der Waals surface area contributed by atoms with Crippen LogP contribution in [0.1, 0.15) is 35.0 Å². The molecule has 2 aromatic heterocycles.